The molecule has 0 spiro atoms. The molecule has 5 heteroatoms. The Morgan fingerprint density at radius 2 is 2.00 bits per heavy atom. The maximum absolute atomic E-state index is 5.70. The van der Waals surface area contributed by atoms with Crippen molar-refractivity contribution < 1.29 is 4.74 Å². The van der Waals surface area contributed by atoms with Crippen molar-refractivity contribution in [3.05, 3.63) is 59.1 Å². The third kappa shape index (κ3) is 3.05. The molecule has 0 N–H and O–H groups in total. The SMILES string of the molecule is Brc1cccc(CCOCn2cnc3ccccc32)n1. The Hall–Kier alpha value is -1.72. The van der Waals surface area contributed by atoms with Gasteiger partial charge in [-0.1, -0.05) is 18.2 Å². The second-order valence-corrected chi connectivity index (χ2v) is 5.25. The Morgan fingerprint density at radius 3 is 2.90 bits per heavy atom. The first-order valence-corrected chi connectivity index (χ1v) is 7.21. The molecular weight excluding hydrogens is 318 g/mol. The second-order valence-electron chi connectivity index (χ2n) is 4.44. The van der Waals surface area contributed by atoms with Gasteiger partial charge in [-0.2, -0.15) is 0 Å². The van der Waals surface area contributed by atoms with E-state index in [0.717, 1.165) is 27.8 Å². The summed E-state index contributed by atoms with van der Waals surface area (Å²) in [6, 6.07) is 13.9. The second kappa shape index (κ2) is 6.15. The van der Waals surface area contributed by atoms with Crippen molar-refractivity contribution in [1.82, 2.24) is 14.5 Å². The number of hydrogen-bond donors (Lipinski definition) is 0. The Labute approximate surface area is 125 Å². The van der Waals surface area contributed by atoms with Crippen molar-refractivity contribution >= 4 is 27.0 Å². The third-order valence-electron chi connectivity index (χ3n) is 3.03. The number of fused-ring (bicyclic) bond motifs is 1. The molecule has 0 atom stereocenters. The standard InChI is InChI=1S/C15H14BrN3O/c16-15-7-3-4-12(18-15)8-9-20-11-19-10-17-13-5-1-2-6-14(13)19/h1-7,10H,8-9,11H2. The van der Waals surface area contributed by atoms with Crippen LogP contribution in [0.3, 0.4) is 0 Å². The summed E-state index contributed by atoms with van der Waals surface area (Å²) in [5.41, 5.74) is 3.10. The highest BCUT2D eigenvalue weighted by molar-refractivity contribution is 9.10. The summed E-state index contributed by atoms with van der Waals surface area (Å²) in [6.07, 6.45) is 2.61. The molecule has 20 heavy (non-hydrogen) atoms. The van der Waals surface area contributed by atoms with E-state index < -0.39 is 0 Å². The van der Waals surface area contributed by atoms with Crippen LogP contribution in [0.15, 0.2) is 53.4 Å². The van der Waals surface area contributed by atoms with E-state index in [1.54, 1.807) is 0 Å². The molecule has 0 bridgehead atoms. The van der Waals surface area contributed by atoms with E-state index in [9.17, 15) is 0 Å². The fraction of sp³-hybridized carbons (Fsp3) is 0.200. The molecule has 0 fully saturated rings. The first kappa shape index (κ1) is 13.3. The molecule has 4 nitrogen and oxygen atoms in total. The highest BCUT2D eigenvalue weighted by Gasteiger charge is 2.01. The number of ether oxygens (including phenoxy) is 1. The lowest BCUT2D eigenvalue weighted by molar-refractivity contribution is 0.0815. The van der Waals surface area contributed by atoms with Gasteiger partial charge in [-0.15, -0.1) is 0 Å². The zero-order valence-corrected chi connectivity index (χ0v) is 12.5. The van der Waals surface area contributed by atoms with Gasteiger partial charge in [0.25, 0.3) is 0 Å². The van der Waals surface area contributed by atoms with Gasteiger partial charge in [-0.25, -0.2) is 9.97 Å². The monoisotopic (exact) mass is 331 g/mol. The molecule has 0 aliphatic heterocycles. The zero-order chi connectivity index (χ0) is 13.8. The summed E-state index contributed by atoms with van der Waals surface area (Å²) >= 11 is 3.37. The summed E-state index contributed by atoms with van der Waals surface area (Å²) in [6.45, 7) is 1.14. The largest absolute Gasteiger partial charge is 0.360 e. The lowest BCUT2D eigenvalue weighted by Gasteiger charge is -2.06. The number of nitrogens with zero attached hydrogens (tertiary/aromatic N) is 3. The molecule has 0 unspecified atom stereocenters. The van der Waals surface area contributed by atoms with Crippen LogP contribution in [0.25, 0.3) is 11.0 Å². The first-order chi connectivity index (χ1) is 9.83. The van der Waals surface area contributed by atoms with Crippen LogP contribution in [-0.2, 0) is 17.9 Å². The van der Waals surface area contributed by atoms with Crippen LogP contribution >= 0.6 is 15.9 Å². The Morgan fingerprint density at radius 1 is 1.10 bits per heavy atom. The molecule has 0 saturated carbocycles. The average Bonchev–Trinajstić information content (AvgIpc) is 2.87. The van der Waals surface area contributed by atoms with E-state index in [-0.39, 0.29) is 0 Å². The molecule has 0 saturated heterocycles. The number of pyridine rings is 1. The molecule has 102 valence electrons. The van der Waals surface area contributed by atoms with Crippen LogP contribution in [0.2, 0.25) is 0 Å². The lowest BCUT2D eigenvalue weighted by atomic mass is 10.3. The van der Waals surface area contributed by atoms with Crippen molar-refractivity contribution in [3.63, 3.8) is 0 Å². The van der Waals surface area contributed by atoms with Gasteiger partial charge in [-0.3, -0.25) is 0 Å². The maximum Gasteiger partial charge on any atom is 0.124 e. The molecule has 3 aromatic rings. The fourth-order valence-electron chi connectivity index (χ4n) is 2.04. The molecule has 0 amide bonds. The number of rotatable bonds is 5. The van der Waals surface area contributed by atoms with Gasteiger partial charge in [0.1, 0.15) is 11.3 Å². The topological polar surface area (TPSA) is 39.9 Å². The number of para-hydroxylation sites is 2. The zero-order valence-electron chi connectivity index (χ0n) is 10.9. The summed E-state index contributed by atoms with van der Waals surface area (Å²) < 4.78 is 8.56. The highest BCUT2D eigenvalue weighted by Crippen LogP contribution is 2.12. The van der Waals surface area contributed by atoms with Crippen molar-refractivity contribution in [2.75, 3.05) is 6.61 Å². The molecule has 2 aromatic heterocycles. The van der Waals surface area contributed by atoms with Crippen molar-refractivity contribution in [1.29, 1.82) is 0 Å². The van der Waals surface area contributed by atoms with E-state index >= 15 is 0 Å². The Bertz CT molecular complexity index is 711. The van der Waals surface area contributed by atoms with E-state index in [0.29, 0.717) is 13.3 Å². The fourth-order valence-corrected chi connectivity index (χ4v) is 2.42. The van der Waals surface area contributed by atoms with Crippen LogP contribution in [0.4, 0.5) is 0 Å². The number of imidazole rings is 1. The Kier molecular flexibility index (Phi) is 4.08. The van der Waals surface area contributed by atoms with Crippen LogP contribution in [0.1, 0.15) is 5.69 Å². The summed E-state index contributed by atoms with van der Waals surface area (Å²) in [7, 11) is 0. The van der Waals surface area contributed by atoms with Gasteiger partial charge in [0.2, 0.25) is 0 Å². The van der Waals surface area contributed by atoms with E-state index in [2.05, 4.69) is 25.9 Å². The normalized spacial score (nSPS) is 11.1. The van der Waals surface area contributed by atoms with Crippen LogP contribution in [0.5, 0.6) is 0 Å². The van der Waals surface area contributed by atoms with Crippen molar-refractivity contribution in [2.45, 2.75) is 13.2 Å². The maximum atomic E-state index is 5.70. The van der Waals surface area contributed by atoms with Crippen LogP contribution < -0.4 is 0 Å². The van der Waals surface area contributed by atoms with E-state index in [1.807, 2.05) is 53.4 Å². The predicted molar refractivity (Wildman–Crippen MR) is 81.3 cm³/mol. The van der Waals surface area contributed by atoms with Gasteiger partial charge in [0, 0.05) is 12.1 Å². The van der Waals surface area contributed by atoms with Gasteiger partial charge in [0.05, 0.1) is 24.0 Å². The molecule has 0 radical (unpaired) electrons. The summed E-state index contributed by atoms with van der Waals surface area (Å²) in [5, 5.41) is 0. The molecule has 1 aromatic carbocycles. The quantitative estimate of drug-likeness (QED) is 0.531. The molecule has 0 aliphatic rings. The van der Waals surface area contributed by atoms with E-state index in [4.69, 9.17) is 4.74 Å². The van der Waals surface area contributed by atoms with E-state index in [1.165, 1.54) is 0 Å². The van der Waals surface area contributed by atoms with Crippen molar-refractivity contribution in [3.8, 4) is 0 Å². The van der Waals surface area contributed by atoms with Gasteiger partial charge in [0.15, 0.2) is 0 Å². The number of benzene rings is 1. The lowest BCUT2D eigenvalue weighted by Crippen LogP contribution is -2.05. The van der Waals surface area contributed by atoms with Gasteiger partial charge in [-0.05, 0) is 40.2 Å². The molecule has 3 rings (SSSR count). The highest BCUT2D eigenvalue weighted by atomic mass is 79.9. The number of hydrogen-bond acceptors (Lipinski definition) is 3. The minimum absolute atomic E-state index is 0.508. The van der Waals surface area contributed by atoms with Gasteiger partial charge < -0.3 is 9.30 Å². The molecule has 2 heterocycles. The average molecular weight is 332 g/mol. The third-order valence-corrected chi connectivity index (χ3v) is 3.47. The first-order valence-electron chi connectivity index (χ1n) is 6.42. The number of aromatic nitrogens is 3. The predicted octanol–water partition coefficient (Wildman–Crippen LogP) is 3.41. The van der Waals surface area contributed by atoms with Crippen LogP contribution in [0, 0.1) is 0 Å². The summed E-state index contributed by atoms with van der Waals surface area (Å²) in [4.78, 5) is 8.71. The minimum Gasteiger partial charge on any atom is -0.360 e. The smallest absolute Gasteiger partial charge is 0.124 e. The van der Waals surface area contributed by atoms with Crippen LogP contribution in [-0.4, -0.2) is 21.1 Å². The Balaban J connectivity index is 1.55. The molecular formula is C15H14BrN3O. The van der Waals surface area contributed by atoms with Crippen molar-refractivity contribution in [2.24, 2.45) is 0 Å². The summed E-state index contributed by atoms with van der Waals surface area (Å²) in [5.74, 6) is 0. The minimum atomic E-state index is 0.508. The van der Waals surface area contributed by atoms with Gasteiger partial charge >= 0.3 is 0 Å². The molecule has 0 aliphatic carbocycles. The number of halogens is 1.